The Balaban J connectivity index is 1.73. The maximum atomic E-state index is 13.8. The van der Waals surface area contributed by atoms with E-state index >= 15 is 0 Å². The first-order chi connectivity index (χ1) is 12.0. The monoisotopic (exact) mass is 349 g/mol. The van der Waals surface area contributed by atoms with Gasteiger partial charge in [0.05, 0.1) is 18.2 Å². The third-order valence-electron chi connectivity index (χ3n) is 5.25. The Bertz CT molecular complexity index is 596. The SMILES string of the molecule is CC(NC(=O)C1CCCCN1)c1cc(F)ccc1N1CCC(O)CC1. The minimum absolute atomic E-state index is 0.0172. The molecule has 2 heterocycles. The summed E-state index contributed by atoms with van der Waals surface area (Å²) in [5.41, 5.74) is 1.73. The van der Waals surface area contributed by atoms with Gasteiger partial charge in [0.25, 0.3) is 0 Å². The molecule has 0 aliphatic carbocycles. The summed E-state index contributed by atoms with van der Waals surface area (Å²) in [5.74, 6) is -0.316. The minimum Gasteiger partial charge on any atom is -0.393 e. The smallest absolute Gasteiger partial charge is 0.237 e. The molecule has 2 saturated heterocycles. The van der Waals surface area contributed by atoms with Crippen molar-refractivity contribution in [3.05, 3.63) is 29.6 Å². The van der Waals surface area contributed by atoms with Gasteiger partial charge in [-0.1, -0.05) is 6.42 Å². The van der Waals surface area contributed by atoms with Crippen molar-refractivity contribution in [2.45, 2.75) is 57.2 Å². The van der Waals surface area contributed by atoms with Gasteiger partial charge in [0, 0.05) is 24.3 Å². The lowest BCUT2D eigenvalue weighted by Crippen LogP contribution is -2.47. The molecule has 0 bridgehead atoms. The molecule has 0 aromatic heterocycles. The topological polar surface area (TPSA) is 64.6 Å². The lowest BCUT2D eigenvalue weighted by Gasteiger charge is -2.34. The number of anilines is 1. The molecule has 2 atom stereocenters. The van der Waals surface area contributed by atoms with Crippen LogP contribution in [0.3, 0.4) is 0 Å². The number of carbonyl (C=O) groups excluding carboxylic acids is 1. The molecule has 0 radical (unpaired) electrons. The van der Waals surface area contributed by atoms with Crippen molar-refractivity contribution in [2.24, 2.45) is 0 Å². The number of aliphatic hydroxyl groups excluding tert-OH is 1. The van der Waals surface area contributed by atoms with Crippen LogP contribution in [0, 0.1) is 5.82 Å². The number of rotatable bonds is 4. The Labute approximate surface area is 148 Å². The van der Waals surface area contributed by atoms with Gasteiger partial charge in [0.15, 0.2) is 0 Å². The Morgan fingerprint density at radius 2 is 2.08 bits per heavy atom. The fraction of sp³-hybridized carbons (Fsp3) is 0.632. The van der Waals surface area contributed by atoms with Crippen LogP contribution in [0.4, 0.5) is 10.1 Å². The molecular weight excluding hydrogens is 321 g/mol. The first-order valence-corrected chi connectivity index (χ1v) is 9.31. The van der Waals surface area contributed by atoms with E-state index in [1.54, 1.807) is 6.07 Å². The van der Waals surface area contributed by atoms with Crippen LogP contribution in [0.5, 0.6) is 0 Å². The maximum absolute atomic E-state index is 13.8. The van der Waals surface area contributed by atoms with Gasteiger partial charge in [-0.2, -0.15) is 0 Å². The van der Waals surface area contributed by atoms with Crippen molar-refractivity contribution in [2.75, 3.05) is 24.5 Å². The summed E-state index contributed by atoms with van der Waals surface area (Å²) in [4.78, 5) is 14.7. The average molecular weight is 349 g/mol. The summed E-state index contributed by atoms with van der Waals surface area (Å²) in [6, 6.07) is 4.33. The number of nitrogens with zero attached hydrogens (tertiary/aromatic N) is 1. The molecule has 2 unspecified atom stereocenters. The van der Waals surface area contributed by atoms with Crippen LogP contribution in [-0.4, -0.2) is 42.8 Å². The number of halogens is 1. The fourth-order valence-electron chi connectivity index (χ4n) is 3.73. The molecule has 1 aromatic carbocycles. The zero-order chi connectivity index (χ0) is 17.8. The molecule has 3 N–H and O–H groups in total. The largest absolute Gasteiger partial charge is 0.393 e. The highest BCUT2D eigenvalue weighted by Crippen LogP contribution is 2.30. The molecule has 1 amide bonds. The van der Waals surface area contributed by atoms with Gasteiger partial charge in [-0.15, -0.1) is 0 Å². The van der Waals surface area contributed by atoms with Crippen LogP contribution in [0.1, 0.15) is 50.6 Å². The van der Waals surface area contributed by atoms with Crippen LogP contribution in [0.2, 0.25) is 0 Å². The van der Waals surface area contributed by atoms with Crippen molar-refractivity contribution < 1.29 is 14.3 Å². The normalized spacial score (nSPS) is 23.3. The number of hydrogen-bond acceptors (Lipinski definition) is 4. The van der Waals surface area contributed by atoms with E-state index < -0.39 is 0 Å². The number of aliphatic hydroxyl groups is 1. The van der Waals surface area contributed by atoms with Crippen LogP contribution < -0.4 is 15.5 Å². The molecule has 138 valence electrons. The first kappa shape index (κ1) is 18.1. The minimum atomic E-state index is -0.298. The van der Waals surface area contributed by atoms with Crippen molar-refractivity contribution in [3.8, 4) is 0 Å². The van der Waals surface area contributed by atoms with Crippen LogP contribution in [-0.2, 0) is 4.79 Å². The molecule has 0 spiro atoms. The second-order valence-corrected chi connectivity index (χ2v) is 7.15. The second-order valence-electron chi connectivity index (χ2n) is 7.15. The van der Waals surface area contributed by atoms with E-state index in [4.69, 9.17) is 0 Å². The molecule has 6 heteroatoms. The highest BCUT2D eigenvalue weighted by Gasteiger charge is 2.25. The lowest BCUT2D eigenvalue weighted by atomic mass is 10.00. The van der Waals surface area contributed by atoms with Crippen LogP contribution >= 0.6 is 0 Å². The number of amides is 1. The van der Waals surface area contributed by atoms with Gasteiger partial charge in [0.1, 0.15) is 5.82 Å². The van der Waals surface area contributed by atoms with Gasteiger partial charge >= 0.3 is 0 Å². The van der Waals surface area contributed by atoms with E-state index in [2.05, 4.69) is 15.5 Å². The molecule has 2 aliphatic rings. The first-order valence-electron chi connectivity index (χ1n) is 9.31. The standard InChI is InChI=1S/C19H28FN3O2/c1-13(22-19(25)17-4-2-3-9-21-17)16-12-14(20)5-6-18(16)23-10-7-15(24)8-11-23/h5-6,12-13,15,17,21,24H,2-4,7-11H2,1H3,(H,22,25). The summed E-state index contributed by atoms with van der Waals surface area (Å²) in [6.45, 7) is 4.25. The van der Waals surface area contributed by atoms with Gasteiger partial charge in [0.2, 0.25) is 5.91 Å². The van der Waals surface area contributed by atoms with E-state index in [1.165, 1.54) is 12.1 Å². The molecular formula is C19H28FN3O2. The van der Waals surface area contributed by atoms with Crippen molar-refractivity contribution >= 4 is 11.6 Å². The van der Waals surface area contributed by atoms with Gasteiger partial charge in [-0.25, -0.2) is 4.39 Å². The molecule has 3 rings (SSSR count). The van der Waals surface area contributed by atoms with E-state index in [0.29, 0.717) is 12.8 Å². The summed E-state index contributed by atoms with van der Waals surface area (Å²) in [6.07, 6.45) is 4.18. The van der Waals surface area contributed by atoms with Crippen molar-refractivity contribution in [3.63, 3.8) is 0 Å². The number of piperidine rings is 2. The second kappa shape index (κ2) is 8.15. The summed E-state index contributed by atoms with van der Waals surface area (Å²) < 4.78 is 13.8. The highest BCUT2D eigenvalue weighted by molar-refractivity contribution is 5.82. The molecule has 0 saturated carbocycles. The number of hydrogen-bond donors (Lipinski definition) is 3. The summed E-state index contributed by atoms with van der Waals surface area (Å²) in [7, 11) is 0. The van der Waals surface area contributed by atoms with E-state index in [1.807, 2.05) is 6.92 Å². The third kappa shape index (κ3) is 4.50. The number of benzene rings is 1. The number of nitrogens with one attached hydrogen (secondary N) is 2. The molecule has 2 fully saturated rings. The molecule has 2 aliphatic heterocycles. The van der Waals surface area contributed by atoms with Gasteiger partial charge < -0.3 is 20.6 Å². The molecule has 25 heavy (non-hydrogen) atoms. The van der Waals surface area contributed by atoms with Crippen molar-refractivity contribution in [1.29, 1.82) is 0 Å². The zero-order valence-electron chi connectivity index (χ0n) is 14.8. The van der Waals surface area contributed by atoms with Gasteiger partial charge in [-0.3, -0.25) is 4.79 Å². The Hall–Kier alpha value is -1.66. The molecule has 1 aromatic rings. The lowest BCUT2D eigenvalue weighted by molar-refractivity contribution is -0.124. The average Bonchev–Trinajstić information content (AvgIpc) is 2.63. The highest BCUT2D eigenvalue weighted by atomic mass is 19.1. The quantitative estimate of drug-likeness (QED) is 0.779. The third-order valence-corrected chi connectivity index (χ3v) is 5.25. The van der Waals surface area contributed by atoms with Crippen LogP contribution in [0.15, 0.2) is 18.2 Å². The predicted octanol–water partition coefficient (Wildman–Crippen LogP) is 2.11. The Morgan fingerprint density at radius 3 is 2.76 bits per heavy atom. The summed E-state index contributed by atoms with van der Waals surface area (Å²) in [5, 5.41) is 16.0. The van der Waals surface area contributed by atoms with Crippen LogP contribution in [0.25, 0.3) is 0 Å². The summed E-state index contributed by atoms with van der Waals surface area (Å²) >= 11 is 0. The fourth-order valence-corrected chi connectivity index (χ4v) is 3.73. The maximum Gasteiger partial charge on any atom is 0.237 e. The predicted molar refractivity (Wildman–Crippen MR) is 96.1 cm³/mol. The Morgan fingerprint density at radius 1 is 1.32 bits per heavy atom. The Kier molecular flexibility index (Phi) is 5.91. The van der Waals surface area contributed by atoms with E-state index in [9.17, 15) is 14.3 Å². The zero-order valence-corrected chi connectivity index (χ0v) is 14.8. The molecule has 5 nitrogen and oxygen atoms in total. The van der Waals surface area contributed by atoms with Gasteiger partial charge in [-0.05, 0) is 57.4 Å². The van der Waals surface area contributed by atoms with Crippen molar-refractivity contribution in [1.82, 2.24) is 10.6 Å². The van der Waals surface area contributed by atoms with E-state index in [-0.39, 0.29) is 29.9 Å². The number of carbonyl (C=O) groups is 1. The van der Waals surface area contributed by atoms with E-state index in [0.717, 1.165) is 50.1 Å².